The molecule has 2 rings (SSSR count). The summed E-state index contributed by atoms with van der Waals surface area (Å²) < 4.78 is 9.98. The van der Waals surface area contributed by atoms with E-state index in [2.05, 4.69) is 13.8 Å². The molecular weight excluding hydrogens is 332 g/mol. The molecule has 0 radical (unpaired) electrons. The standard InChI is InChI=1S/C21H22O5/c1-14(2)16-6-8-17(9-7-16)19(23)13-26-21(24)11-5-15-4-10-18(22)20(12-15)25-3/h4-12,14,22H,13H2,1-3H3/b11-5+. The molecule has 2 aromatic carbocycles. The van der Waals surface area contributed by atoms with Gasteiger partial charge < -0.3 is 14.6 Å². The normalized spacial score (nSPS) is 10.9. The SMILES string of the molecule is COc1cc(/C=C/C(=O)OCC(=O)c2ccc(C(C)C)cc2)ccc1O. The number of ether oxygens (including phenoxy) is 2. The monoisotopic (exact) mass is 354 g/mol. The molecule has 2 aromatic rings. The van der Waals surface area contributed by atoms with Crippen LogP contribution in [0.4, 0.5) is 0 Å². The van der Waals surface area contributed by atoms with Gasteiger partial charge in [0.1, 0.15) is 0 Å². The number of phenolic OH excluding ortho intramolecular Hbond substituents is 1. The summed E-state index contributed by atoms with van der Waals surface area (Å²) in [7, 11) is 1.44. The lowest BCUT2D eigenvalue weighted by molar-refractivity contribution is -0.136. The number of ketones is 1. The quantitative estimate of drug-likeness (QED) is 0.463. The van der Waals surface area contributed by atoms with Gasteiger partial charge in [-0.3, -0.25) is 4.79 Å². The van der Waals surface area contributed by atoms with Gasteiger partial charge in [0.15, 0.2) is 23.9 Å². The average Bonchev–Trinajstić information content (AvgIpc) is 2.65. The molecule has 0 aliphatic heterocycles. The van der Waals surface area contributed by atoms with Crippen LogP contribution in [0.1, 0.15) is 41.3 Å². The molecule has 0 bridgehead atoms. The number of phenols is 1. The predicted molar refractivity (Wildman–Crippen MR) is 99.5 cm³/mol. The summed E-state index contributed by atoms with van der Waals surface area (Å²) in [6, 6.07) is 12.0. The lowest BCUT2D eigenvalue weighted by atomic mass is 10.0. The van der Waals surface area contributed by atoms with E-state index < -0.39 is 5.97 Å². The van der Waals surface area contributed by atoms with Gasteiger partial charge >= 0.3 is 5.97 Å². The van der Waals surface area contributed by atoms with Crippen LogP contribution in [0.15, 0.2) is 48.5 Å². The van der Waals surface area contributed by atoms with E-state index in [1.165, 1.54) is 25.3 Å². The Kier molecular flexibility index (Phi) is 6.55. The molecule has 0 aliphatic carbocycles. The van der Waals surface area contributed by atoms with Crippen molar-refractivity contribution in [2.24, 2.45) is 0 Å². The summed E-state index contributed by atoms with van der Waals surface area (Å²) in [5.41, 5.74) is 2.31. The molecule has 5 heteroatoms. The van der Waals surface area contributed by atoms with E-state index in [1.807, 2.05) is 12.1 Å². The molecule has 0 aliphatic rings. The van der Waals surface area contributed by atoms with E-state index in [-0.39, 0.29) is 18.1 Å². The lowest BCUT2D eigenvalue weighted by Gasteiger charge is -2.06. The molecule has 0 saturated carbocycles. The van der Waals surface area contributed by atoms with Crippen LogP contribution < -0.4 is 4.74 Å². The largest absolute Gasteiger partial charge is 0.504 e. The van der Waals surface area contributed by atoms with Crippen molar-refractivity contribution >= 4 is 17.8 Å². The number of carbonyl (C=O) groups excluding carboxylic acids is 2. The molecule has 0 atom stereocenters. The Morgan fingerprint density at radius 2 is 1.81 bits per heavy atom. The third-order valence-corrected chi connectivity index (χ3v) is 3.86. The Balaban J connectivity index is 1.90. The molecule has 0 saturated heterocycles. The summed E-state index contributed by atoms with van der Waals surface area (Å²) in [6.45, 7) is 3.84. The Labute approximate surface area is 152 Å². The zero-order chi connectivity index (χ0) is 19.1. The smallest absolute Gasteiger partial charge is 0.331 e. The van der Waals surface area contributed by atoms with E-state index in [0.29, 0.717) is 22.8 Å². The lowest BCUT2D eigenvalue weighted by Crippen LogP contribution is -2.12. The summed E-state index contributed by atoms with van der Waals surface area (Å²) in [4.78, 5) is 23.9. The Bertz CT molecular complexity index is 804. The molecule has 0 aromatic heterocycles. The fourth-order valence-electron chi connectivity index (χ4n) is 2.28. The third kappa shape index (κ3) is 5.21. The average molecular weight is 354 g/mol. The van der Waals surface area contributed by atoms with Crippen LogP contribution in [0.3, 0.4) is 0 Å². The maximum atomic E-state index is 12.1. The van der Waals surface area contributed by atoms with Gasteiger partial charge in [-0.05, 0) is 35.3 Å². The van der Waals surface area contributed by atoms with Crippen molar-refractivity contribution in [3.05, 3.63) is 65.2 Å². The highest BCUT2D eigenvalue weighted by Crippen LogP contribution is 2.26. The van der Waals surface area contributed by atoms with Crippen molar-refractivity contribution in [3.63, 3.8) is 0 Å². The van der Waals surface area contributed by atoms with Crippen LogP contribution in [-0.4, -0.2) is 30.6 Å². The first-order valence-corrected chi connectivity index (χ1v) is 8.25. The number of Topliss-reactive ketones (excluding diaryl/α,β-unsaturated/α-hetero) is 1. The van der Waals surface area contributed by atoms with Crippen LogP contribution in [0.5, 0.6) is 11.5 Å². The second kappa shape index (κ2) is 8.85. The van der Waals surface area contributed by atoms with Gasteiger partial charge in [-0.1, -0.05) is 44.2 Å². The number of carbonyl (C=O) groups is 2. The van der Waals surface area contributed by atoms with Crippen molar-refractivity contribution in [1.29, 1.82) is 0 Å². The van der Waals surface area contributed by atoms with Gasteiger partial charge in [-0.2, -0.15) is 0 Å². The van der Waals surface area contributed by atoms with Gasteiger partial charge in [-0.15, -0.1) is 0 Å². The van der Waals surface area contributed by atoms with E-state index in [9.17, 15) is 14.7 Å². The number of rotatable bonds is 7. The van der Waals surface area contributed by atoms with Gasteiger partial charge in [0, 0.05) is 11.6 Å². The van der Waals surface area contributed by atoms with Crippen molar-refractivity contribution < 1.29 is 24.2 Å². The molecule has 0 fully saturated rings. The second-order valence-electron chi connectivity index (χ2n) is 6.07. The zero-order valence-corrected chi connectivity index (χ0v) is 15.1. The molecule has 0 spiro atoms. The highest BCUT2D eigenvalue weighted by Gasteiger charge is 2.09. The second-order valence-corrected chi connectivity index (χ2v) is 6.07. The molecule has 0 unspecified atom stereocenters. The van der Waals surface area contributed by atoms with Crippen molar-refractivity contribution in [2.75, 3.05) is 13.7 Å². The third-order valence-electron chi connectivity index (χ3n) is 3.86. The number of aromatic hydroxyl groups is 1. The van der Waals surface area contributed by atoms with E-state index in [4.69, 9.17) is 9.47 Å². The summed E-state index contributed by atoms with van der Waals surface area (Å²) >= 11 is 0. The van der Waals surface area contributed by atoms with Gasteiger partial charge in [0.2, 0.25) is 0 Å². The summed E-state index contributed by atoms with van der Waals surface area (Å²) in [5.74, 6) is -0.167. The fourth-order valence-corrected chi connectivity index (χ4v) is 2.28. The van der Waals surface area contributed by atoms with Crippen LogP contribution >= 0.6 is 0 Å². The molecule has 136 valence electrons. The minimum Gasteiger partial charge on any atom is -0.504 e. The maximum Gasteiger partial charge on any atom is 0.331 e. The van der Waals surface area contributed by atoms with Crippen molar-refractivity contribution in [1.82, 2.24) is 0 Å². The number of hydrogen-bond donors (Lipinski definition) is 1. The first kappa shape index (κ1) is 19.2. The first-order valence-electron chi connectivity index (χ1n) is 8.25. The number of benzene rings is 2. The van der Waals surface area contributed by atoms with Crippen molar-refractivity contribution in [2.45, 2.75) is 19.8 Å². The molecule has 0 heterocycles. The Hall–Kier alpha value is -3.08. The number of esters is 1. The fraction of sp³-hybridized carbons (Fsp3) is 0.238. The Morgan fingerprint density at radius 3 is 2.42 bits per heavy atom. The summed E-state index contributed by atoms with van der Waals surface area (Å²) in [5, 5.41) is 9.54. The van der Waals surface area contributed by atoms with Gasteiger partial charge in [-0.25, -0.2) is 4.79 Å². The predicted octanol–water partition coefficient (Wildman–Crippen LogP) is 3.96. The number of methoxy groups -OCH3 is 1. The van der Waals surface area contributed by atoms with Crippen LogP contribution in [0, 0.1) is 0 Å². The molecule has 26 heavy (non-hydrogen) atoms. The molecular formula is C21H22O5. The van der Waals surface area contributed by atoms with Gasteiger partial charge in [0.05, 0.1) is 7.11 Å². The summed E-state index contributed by atoms with van der Waals surface area (Å²) in [6.07, 6.45) is 2.74. The molecule has 5 nitrogen and oxygen atoms in total. The highest BCUT2D eigenvalue weighted by atomic mass is 16.5. The highest BCUT2D eigenvalue weighted by molar-refractivity contribution is 5.98. The Morgan fingerprint density at radius 1 is 1.12 bits per heavy atom. The minimum absolute atomic E-state index is 0.0151. The van der Waals surface area contributed by atoms with Crippen LogP contribution in [0.2, 0.25) is 0 Å². The van der Waals surface area contributed by atoms with E-state index in [1.54, 1.807) is 24.3 Å². The van der Waals surface area contributed by atoms with E-state index >= 15 is 0 Å². The van der Waals surface area contributed by atoms with Crippen molar-refractivity contribution in [3.8, 4) is 11.5 Å². The zero-order valence-electron chi connectivity index (χ0n) is 15.1. The van der Waals surface area contributed by atoms with Crippen LogP contribution in [0.25, 0.3) is 6.08 Å². The topological polar surface area (TPSA) is 72.8 Å². The molecule has 0 amide bonds. The number of hydrogen-bond acceptors (Lipinski definition) is 5. The van der Waals surface area contributed by atoms with Crippen LogP contribution in [-0.2, 0) is 9.53 Å². The minimum atomic E-state index is -0.621. The molecule has 1 N–H and O–H groups in total. The first-order chi connectivity index (χ1) is 12.4. The van der Waals surface area contributed by atoms with Gasteiger partial charge in [0.25, 0.3) is 0 Å². The maximum absolute atomic E-state index is 12.1. The van der Waals surface area contributed by atoms with E-state index in [0.717, 1.165) is 5.56 Å².